The Morgan fingerprint density at radius 3 is 2.70 bits per heavy atom. The highest BCUT2D eigenvalue weighted by atomic mass is 32.2. The summed E-state index contributed by atoms with van der Waals surface area (Å²) in [6.45, 7) is 3.75. The van der Waals surface area contributed by atoms with Gasteiger partial charge in [0.1, 0.15) is 10.7 Å². The summed E-state index contributed by atoms with van der Waals surface area (Å²) in [5.74, 6) is -0.254. The van der Waals surface area contributed by atoms with Crippen molar-refractivity contribution >= 4 is 10.0 Å². The summed E-state index contributed by atoms with van der Waals surface area (Å²) in [6.07, 6.45) is 2.12. The van der Waals surface area contributed by atoms with Gasteiger partial charge in [-0.1, -0.05) is 13.0 Å². The van der Waals surface area contributed by atoms with Crippen LogP contribution in [-0.2, 0) is 16.6 Å². The lowest BCUT2D eigenvalue weighted by molar-refractivity contribution is 0.447. The minimum Gasteiger partial charge on any atom is -0.313 e. The van der Waals surface area contributed by atoms with Crippen LogP contribution < -0.4 is 5.32 Å². The Balaban J connectivity index is 2.24. The summed E-state index contributed by atoms with van der Waals surface area (Å²) in [4.78, 5) is -0.226. The first-order valence-electron chi connectivity index (χ1n) is 6.90. The van der Waals surface area contributed by atoms with Crippen LogP contribution in [0.4, 0.5) is 4.39 Å². The van der Waals surface area contributed by atoms with Gasteiger partial charge >= 0.3 is 0 Å². The Labute approximate surface area is 120 Å². The molecule has 20 heavy (non-hydrogen) atoms. The molecule has 0 heterocycles. The molecule has 0 unspecified atom stereocenters. The first-order valence-corrected chi connectivity index (χ1v) is 8.34. The summed E-state index contributed by atoms with van der Waals surface area (Å²) < 4.78 is 40.0. The van der Waals surface area contributed by atoms with Crippen molar-refractivity contribution in [2.75, 3.05) is 20.1 Å². The molecule has 1 fully saturated rings. The maximum atomic E-state index is 13.9. The Bertz CT molecular complexity index is 571. The van der Waals surface area contributed by atoms with Crippen LogP contribution >= 0.6 is 0 Å². The lowest BCUT2D eigenvalue weighted by Gasteiger charge is -2.18. The summed E-state index contributed by atoms with van der Waals surface area (Å²) in [6, 6.07) is 4.26. The molecule has 0 amide bonds. The number of hydrogen-bond acceptors (Lipinski definition) is 3. The standard InChI is InChI=1S/C14H21FN2O2S/c1-3-16-9-12-6-7-13(15)14(8-12)20(18,19)17(2)10-11-4-5-11/h6-8,11,16H,3-5,9-10H2,1-2H3. The molecule has 1 N–H and O–H groups in total. The molecule has 2 rings (SSSR count). The largest absolute Gasteiger partial charge is 0.313 e. The van der Waals surface area contributed by atoms with Gasteiger partial charge in [-0.05, 0) is 43.0 Å². The van der Waals surface area contributed by atoms with Crippen molar-refractivity contribution < 1.29 is 12.8 Å². The van der Waals surface area contributed by atoms with E-state index in [1.54, 1.807) is 6.07 Å². The van der Waals surface area contributed by atoms with Crippen LogP contribution in [0.15, 0.2) is 23.1 Å². The minimum atomic E-state index is -3.74. The minimum absolute atomic E-state index is 0.226. The van der Waals surface area contributed by atoms with Crippen LogP contribution in [0.25, 0.3) is 0 Å². The fourth-order valence-corrected chi connectivity index (χ4v) is 3.41. The van der Waals surface area contributed by atoms with E-state index in [-0.39, 0.29) is 4.90 Å². The maximum Gasteiger partial charge on any atom is 0.245 e. The highest BCUT2D eigenvalue weighted by Gasteiger charge is 2.30. The van der Waals surface area contributed by atoms with Gasteiger partial charge in [-0.2, -0.15) is 0 Å². The van der Waals surface area contributed by atoms with Crippen LogP contribution in [0, 0.1) is 11.7 Å². The maximum absolute atomic E-state index is 13.9. The Morgan fingerprint density at radius 1 is 1.40 bits per heavy atom. The van der Waals surface area contributed by atoms with Crippen LogP contribution in [0.2, 0.25) is 0 Å². The molecule has 6 heteroatoms. The summed E-state index contributed by atoms with van der Waals surface area (Å²) >= 11 is 0. The van der Waals surface area contributed by atoms with Gasteiger partial charge in [-0.15, -0.1) is 0 Å². The zero-order valence-electron chi connectivity index (χ0n) is 11.9. The van der Waals surface area contributed by atoms with E-state index >= 15 is 0 Å². The van der Waals surface area contributed by atoms with Gasteiger partial charge in [0.05, 0.1) is 0 Å². The van der Waals surface area contributed by atoms with Gasteiger partial charge in [0.15, 0.2) is 0 Å². The fraction of sp³-hybridized carbons (Fsp3) is 0.571. The molecule has 0 aliphatic heterocycles. The van der Waals surface area contributed by atoms with Crippen molar-refractivity contribution in [1.82, 2.24) is 9.62 Å². The van der Waals surface area contributed by atoms with Gasteiger partial charge in [0.2, 0.25) is 10.0 Å². The Morgan fingerprint density at radius 2 is 2.10 bits per heavy atom. The average Bonchev–Trinajstić information content (AvgIpc) is 3.21. The second-order valence-electron chi connectivity index (χ2n) is 5.27. The number of rotatable bonds is 7. The molecular formula is C14H21FN2O2S. The number of halogens is 1. The van der Waals surface area contributed by atoms with E-state index in [9.17, 15) is 12.8 Å². The molecule has 0 radical (unpaired) electrons. The van der Waals surface area contributed by atoms with E-state index in [0.717, 1.165) is 24.9 Å². The molecule has 0 aromatic heterocycles. The predicted octanol–water partition coefficient (Wildman–Crippen LogP) is 1.97. The lowest BCUT2D eigenvalue weighted by atomic mass is 10.2. The van der Waals surface area contributed by atoms with Crippen LogP contribution in [-0.4, -0.2) is 32.9 Å². The normalized spacial score (nSPS) is 15.8. The third kappa shape index (κ3) is 3.56. The summed E-state index contributed by atoms with van der Waals surface area (Å²) in [5, 5.41) is 3.10. The van der Waals surface area contributed by atoms with Crippen LogP contribution in [0.3, 0.4) is 0 Å². The highest BCUT2D eigenvalue weighted by molar-refractivity contribution is 7.89. The molecule has 112 valence electrons. The van der Waals surface area contributed by atoms with E-state index in [2.05, 4.69) is 5.32 Å². The van der Waals surface area contributed by atoms with Crippen LogP contribution in [0.1, 0.15) is 25.3 Å². The van der Waals surface area contributed by atoms with E-state index in [1.807, 2.05) is 6.92 Å². The quantitative estimate of drug-likeness (QED) is 0.837. The number of nitrogens with zero attached hydrogens (tertiary/aromatic N) is 1. The van der Waals surface area contributed by atoms with E-state index < -0.39 is 15.8 Å². The molecule has 0 bridgehead atoms. The van der Waals surface area contributed by atoms with Crippen molar-refractivity contribution in [2.45, 2.75) is 31.2 Å². The third-order valence-electron chi connectivity index (χ3n) is 3.48. The predicted molar refractivity (Wildman–Crippen MR) is 76.3 cm³/mol. The Kier molecular flexibility index (Phi) is 4.78. The number of sulfonamides is 1. The molecule has 1 aromatic rings. The molecular weight excluding hydrogens is 279 g/mol. The average molecular weight is 300 g/mol. The topological polar surface area (TPSA) is 49.4 Å². The summed E-state index contributed by atoms with van der Waals surface area (Å²) in [5.41, 5.74) is 0.770. The first kappa shape index (κ1) is 15.4. The van der Waals surface area contributed by atoms with E-state index in [0.29, 0.717) is 19.0 Å². The number of nitrogens with one attached hydrogen (secondary N) is 1. The molecule has 1 aliphatic carbocycles. The molecule has 1 aromatic carbocycles. The van der Waals surface area contributed by atoms with Crippen molar-refractivity contribution in [1.29, 1.82) is 0 Å². The van der Waals surface area contributed by atoms with Crippen molar-refractivity contribution in [3.63, 3.8) is 0 Å². The van der Waals surface area contributed by atoms with Gasteiger partial charge in [0.25, 0.3) is 0 Å². The van der Waals surface area contributed by atoms with E-state index in [4.69, 9.17) is 0 Å². The first-order chi connectivity index (χ1) is 9.45. The van der Waals surface area contributed by atoms with Gasteiger partial charge in [0, 0.05) is 20.1 Å². The van der Waals surface area contributed by atoms with Crippen molar-refractivity contribution in [3.8, 4) is 0 Å². The second-order valence-corrected chi connectivity index (χ2v) is 7.29. The summed E-state index contributed by atoms with van der Waals surface area (Å²) in [7, 11) is -2.22. The lowest BCUT2D eigenvalue weighted by Crippen LogP contribution is -2.29. The smallest absolute Gasteiger partial charge is 0.245 e. The molecule has 0 saturated heterocycles. The molecule has 1 saturated carbocycles. The Hall–Kier alpha value is -0.980. The van der Waals surface area contributed by atoms with Crippen molar-refractivity contribution in [3.05, 3.63) is 29.6 Å². The fourth-order valence-electron chi connectivity index (χ4n) is 2.05. The SMILES string of the molecule is CCNCc1ccc(F)c(S(=O)(=O)N(C)CC2CC2)c1. The second kappa shape index (κ2) is 6.20. The van der Waals surface area contributed by atoms with Gasteiger partial charge < -0.3 is 5.32 Å². The molecule has 0 spiro atoms. The highest BCUT2D eigenvalue weighted by Crippen LogP contribution is 2.31. The monoisotopic (exact) mass is 300 g/mol. The zero-order valence-corrected chi connectivity index (χ0v) is 12.7. The molecule has 4 nitrogen and oxygen atoms in total. The molecule has 1 aliphatic rings. The number of benzene rings is 1. The zero-order chi connectivity index (χ0) is 14.8. The van der Waals surface area contributed by atoms with Gasteiger partial charge in [-0.25, -0.2) is 17.1 Å². The van der Waals surface area contributed by atoms with E-state index in [1.165, 1.54) is 23.5 Å². The third-order valence-corrected chi connectivity index (χ3v) is 5.31. The number of hydrogen-bond donors (Lipinski definition) is 1. The van der Waals surface area contributed by atoms with Gasteiger partial charge in [-0.3, -0.25) is 0 Å². The van der Waals surface area contributed by atoms with Crippen molar-refractivity contribution in [2.24, 2.45) is 5.92 Å². The van der Waals surface area contributed by atoms with Crippen LogP contribution in [0.5, 0.6) is 0 Å². The molecule has 0 atom stereocenters.